The monoisotopic (exact) mass is 533 g/mol. The van der Waals surface area contributed by atoms with Gasteiger partial charge in [-0.3, -0.25) is 18.9 Å². The molecule has 1 saturated heterocycles. The molecule has 1 amide bonds. The number of pyridine rings is 1. The summed E-state index contributed by atoms with van der Waals surface area (Å²) >= 11 is 12.9. The molecule has 2 aromatic carbocycles. The highest BCUT2D eigenvalue weighted by Crippen LogP contribution is 2.36. The number of thiocarbonyl (C=S) groups is 1. The number of aryl methyl sites for hydroxylation is 1. The minimum absolute atomic E-state index is 0.122. The maximum Gasteiger partial charge on any atom is 0.269 e. The number of ether oxygens (including phenoxy) is 1. The van der Waals surface area contributed by atoms with E-state index in [1.807, 2.05) is 50.2 Å². The molecule has 0 aliphatic carbocycles. The molecule has 36 heavy (non-hydrogen) atoms. The molecule has 3 heterocycles. The lowest BCUT2D eigenvalue weighted by molar-refractivity contribution is -0.122. The van der Waals surface area contributed by atoms with Gasteiger partial charge in [0.05, 0.1) is 11.4 Å². The Labute approximate surface area is 222 Å². The third-order valence-corrected chi connectivity index (χ3v) is 7.68. The lowest BCUT2D eigenvalue weighted by Crippen LogP contribution is -2.27. The van der Waals surface area contributed by atoms with Crippen LogP contribution in [0.15, 0.2) is 76.6 Å². The average molecular weight is 534 g/mol. The van der Waals surface area contributed by atoms with E-state index in [1.54, 1.807) is 30.5 Å². The van der Waals surface area contributed by atoms with Crippen molar-refractivity contribution in [3.63, 3.8) is 0 Å². The Morgan fingerprint density at radius 3 is 2.64 bits per heavy atom. The topological polar surface area (TPSA) is 63.9 Å². The third kappa shape index (κ3) is 4.55. The van der Waals surface area contributed by atoms with Gasteiger partial charge in [-0.2, -0.15) is 4.98 Å². The van der Waals surface area contributed by atoms with Crippen LogP contribution < -0.4 is 10.3 Å². The zero-order valence-electron chi connectivity index (χ0n) is 19.4. The largest absolute Gasteiger partial charge is 0.438 e. The number of carbonyl (C=O) groups excluding carboxylic acids is 1. The van der Waals surface area contributed by atoms with E-state index in [0.29, 0.717) is 25.6 Å². The summed E-state index contributed by atoms with van der Waals surface area (Å²) in [5.74, 6) is 0.402. The maximum absolute atomic E-state index is 13.5. The molecule has 0 N–H and O–H groups in total. The number of thioether (sulfide) groups is 1. The molecule has 0 bridgehead atoms. The number of nitrogens with zero attached hydrogens (tertiary/aromatic N) is 3. The lowest BCUT2D eigenvalue weighted by Gasteiger charge is -2.15. The molecule has 2 aromatic heterocycles. The molecule has 1 fully saturated rings. The van der Waals surface area contributed by atoms with E-state index in [0.717, 1.165) is 28.5 Å². The van der Waals surface area contributed by atoms with Crippen LogP contribution in [0.3, 0.4) is 0 Å². The number of rotatable bonds is 5. The summed E-state index contributed by atoms with van der Waals surface area (Å²) in [5, 5.41) is 0.553. The standard InChI is InChI=1S/C27H20ClN3O3S2/c1-16-8-7-11-21(17(16)2)34-24-19(25(32)30-13-6-5-12-23(30)29-24)14-22-26(33)31(27(35)36-22)15-18-9-3-4-10-20(18)28/h3-14H,15H2,1-2H3/b22-14+. The molecule has 9 heteroatoms. The van der Waals surface area contributed by atoms with Crippen molar-refractivity contribution in [2.75, 3.05) is 0 Å². The highest BCUT2D eigenvalue weighted by Gasteiger charge is 2.33. The zero-order chi connectivity index (χ0) is 25.4. The highest BCUT2D eigenvalue weighted by atomic mass is 35.5. The number of fused-ring (bicyclic) bond motifs is 1. The van der Waals surface area contributed by atoms with Gasteiger partial charge in [-0.25, -0.2) is 0 Å². The smallest absolute Gasteiger partial charge is 0.269 e. The van der Waals surface area contributed by atoms with Crippen LogP contribution in [0, 0.1) is 13.8 Å². The van der Waals surface area contributed by atoms with E-state index in [2.05, 4.69) is 4.98 Å². The number of aromatic nitrogens is 2. The molecule has 0 unspecified atom stereocenters. The summed E-state index contributed by atoms with van der Waals surface area (Å²) in [4.78, 5) is 33.2. The second kappa shape index (κ2) is 9.89. The molecule has 0 atom stereocenters. The SMILES string of the molecule is Cc1cccc(Oc2nc3ccccn3c(=O)c2/C=C2/SC(=S)N(Cc3ccccc3Cl)C2=O)c1C. The van der Waals surface area contributed by atoms with Crippen molar-refractivity contribution in [1.82, 2.24) is 14.3 Å². The van der Waals surface area contributed by atoms with Crippen molar-refractivity contribution >= 4 is 57.5 Å². The van der Waals surface area contributed by atoms with Crippen molar-refractivity contribution < 1.29 is 9.53 Å². The number of carbonyl (C=O) groups is 1. The highest BCUT2D eigenvalue weighted by molar-refractivity contribution is 8.26. The van der Waals surface area contributed by atoms with Gasteiger partial charge in [0.25, 0.3) is 11.5 Å². The van der Waals surface area contributed by atoms with Gasteiger partial charge in [0.2, 0.25) is 5.88 Å². The van der Waals surface area contributed by atoms with Gasteiger partial charge in [-0.15, -0.1) is 0 Å². The van der Waals surface area contributed by atoms with Gasteiger partial charge in [0.15, 0.2) is 0 Å². The second-order valence-electron chi connectivity index (χ2n) is 8.22. The first-order chi connectivity index (χ1) is 17.3. The van der Waals surface area contributed by atoms with Gasteiger partial charge in [0.1, 0.15) is 21.3 Å². The summed E-state index contributed by atoms with van der Waals surface area (Å²) in [7, 11) is 0. The number of amides is 1. The molecule has 0 spiro atoms. The fourth-order valence-corrected chi connectivity index (χ4v) is 5.22. The van der Waals surface area contributed by atoms with E-state index in [1.165, 1.54) is 15.4 Å². The minimum Gasteiger partial charge on any atom is -0.438 e. The molecular weight excluding hydrogens is 514 g/mol. The first kappa shape index (κ1) is 24.2. The van der Waals surface area contributed by atoms with Crippen molar-refractivity contribution in [3.05, 3.63) is 109 Å². The fourth-order valence-electron chi connectivity index (χ4n) is 3.79. The fraction of sp³-hybridized carbons (Fsp3) is 0.111. The molecule has 180 valence electrons. The molecule has 0 radical (unpaired) electrons. The van der Waals surface area contributed by atoms with Gasteiger partial charge in [0, 0.05) is 11.2 Å². The Hall–Kier alpha value is -3.46. The Morgan fingerprint density at radius 1 is 1.06 bits per heavy atom. The van der Waals surface area contributed by atoms with Crippen LogP contribution in [-0.2, 0) is 11.3 Å². The van der Waals surface area contributed by atoms with Crippen LogP contribution in [0.2, 0.25) is 5.02 Å². The Kier molecular flexibility index (Phi) is 6.66. The van der Waals surface area contributed by atoms with Crippen molar-refractivity contribution in [2.45, 2.75) is 20.4 Å². The van der Waals surface area contributed by atoms with Crippen molar-refractivity contribution in [2.24, 2.45) is 0 Å². The normalized spacial score (nSPS) is 14.8. The van der Waals surface area contributed by atoms with Crippen LogP contribution in [0.4, 0.5) is 0 Å². The molecule has 5 rings (SSSR count). The second-order valence-corrected chi connectivity index (χ2v) is 10.3. The molecule has 1 aliphatic rings. The summed E-state index contributed by atoms with van der Waals surface area (Å²) in [5.41, 5.74) is 3.01. The van der Waals surface area contributed by atoms with Crippen LogP contribution >= 0.6 is 35.6 Å². The summed E-state index contributed by atoms with van der Waals surface area (Å²) in [6, 6.07) is 18.2. The third-order valence-electron chi connectivity index (χ3n) is 5.93. The lowest BCUT2D eigenvalue weighted by atomic mass is 10.1. The number of hydrogen-bond donors (Lipinski definition) is 0. The number of halogens is 1. The van der Waals surface area contributed by atoms with E-state index in [9.17, 15) is 9.59 Å². The first-order valence-electron chi connectivity index (χ1n) is 11.1. The molecule has 4 aromatic rings. The van der Waals surface area contributed by atoms with Gasteiger partial charge < -0.3 is 4.74 Å². The van der Waals surface area contributed by atoms with Crippen molar-refractivity contribution in [1.29, 1.82) is 0 Å². The predicted molar refractivity (Wildman–Crippen MR) is 148 cm³/mol. The van der Waals surface area contributed by atoms with Gasteiger partial charge >= 0.3 is 0 Å². The van der Waals surface area contributed by atoms with Crippen LogP contribution in [-0.4, -0.2) is 24.5 Å². The quantitative estimate of drug-likeness (QED) is 0.226. The van der Waals surface area contributed by atoms with Gasteiger partial charge in [-0.1, -0.05) is 72.0 Å². The Morgan fingerprint density at radius 2 is 1.83 bits per heavy atom. The van der Waals surface area contributed by atoms with Crippen LogP contribution in [0.1, 0.15) is 22.3 Å². The van der Waals surface area contributed by atoms with Crippen LogP contribution in [0.5, 0.6) is 11.6 Å². The maximum atomic E-state index is 13.5. The summed E-state index contributed by atoms with van der Waals surface area (Å²) < 4.78 is 7.98. The molecule has 6 nitrogen and oxygen atoms in total. The summed E-state index contributed by atoms with van der Waals surface area (Å²) in [6.07, 6.45) is 3.15. The summed E-state index contributed by atoms with van der Waals surface area (Å²) in [6.45, 7) is 4.16. The van der Waals surface area contributed by atoms with E-state index in [4.69, 9.17) is 28.6 Å². The van der Waals surface area contributed by atoms with Crippen LogP contribution in [0.25, 0.3) is 11.7 Å². The van der Waals surface area contributed by atoms with E-state index in [-0.39, 0.29) is 29.5 Å². The Bertz CT molecular complexity index is 1630. The first-order valence-corrected chi connectivity index (χ1v) is 12.7. The van der Waals surface area contributed by atoms with Gasteiger partial charge in [-0.05, 0) is 60.9 Å². The van der Waals surface area contributed by atoms with Crippen molar-refractivity contribution in [3.8, 4) is 11.6 Å². The molecule has 0 saturated carbocycles. The number of benzene rings is 2. The van der Waals surface area contributed by atoms with E-state index < -0.39 is 0 Å². The van der Waals surface area contributed by atoms with E-state index >= 15 is 0 Å². The number of hydrogen-bond acceptors (Lipinski definition) is 6. The molecular formula is C27H20ClN3O3S2. The molecule has 1 aliphatic heterocycles. The zero-order valence-corrected chi connectivity index (χ0v) is 21.8. The predicted octanol–water partition coefficient (Wildman–Crippen LogP) is 6.16. The Balaban J connectivity index is 1.58. The minimum atomic E-state index is -0.350. The average Bonchev–Trinajstić information content (AvgIpc) is 3.13.